The van der Waals surface area contributed by atoms with Gasteiger partial charge in [-0.1, -0.05) is 0 Å². The Hall–Kier alpha value is -0.0805. The standard InChI is InChI=1S/C12H13BrOSe/c13-6-10-7-14-8-11(10)9-15-12-4-2-1-3-5-12/h1-6,11H,7-9H2/b10-6-. The fraction of sp³-hybridized carbons (Fsp3) is 0.333. The van der Waals surface area contributed by atoms with Gasteiger partial charge in [0.05, 0.1) is 0 Å². The Kier molecular flexibility index (Phi) is 4.45. The fourth-order valence-electron chi connectivity index (χ4n) is 1.53. The van der Waals surface area contributed by atoms with Gasteiger partial charge >= 0.3 is 105 Å². The Balaban J connectivity index is 1.88. The van der Waals surface area contributed by atoms with Crippen LogP contribution in [0.3, 0.4) is 0 Å². The topological polar surface area (TPSA) is 9.23 Å². The summed E-state index contributed by atoms with van der Waals surface area (Å²) in [5.74, 6) is 0.629. The van der Waals surface area contributed by atoms with Gasteiger partial charge < -0.3 is 0 Å². The summed E-state index contributed by atoms with van der Waals surface area (Å²) in [5.41, 5.74) is 1.41. The third-order valence-electron chi connectivity index (χ3n) is 2.45. The number of hydrogen-bond donors (Lipinski definition) is 0. The van der Waals surface area contributed by atoms with Gasteiger partial charge in [0.25, 0.3) is 0 Å². The minimum atomic E-state index is 0.570. The van der Waals surface area contributed by atoms with E-state index in [0.29, 0.717) is 20.9 Å². The van der Waals surface area contributed by atoms with Gasteiger partial charge in [0.15, 0.2) is 0 Å². The second kappa shape index (κ2) is 5.86. The van der Waals surface area contributed by atoms with Crippen molar-refractivity contribution in [1.29, 1.82) is 0 Å². The van der Waals surface area contributed by atoms with E-state index in [2.05, 4.69) is 46.3 Å². The van der Waals surface area contributed by atoms with Gasteiger partial charge in [0, 0.05) is 0 Å². The van der Waals surface area contributed by atoms with E-state index in [0.717, 1.165) is 13.2 Å². The molecule has 1 atom stereocenters. The van der Waals surface area contributed by atoms with Crippen molar-refractivity contribution in [3.8, 4) is 0 Å². The molecule has 0 N–H and O–H groups in total. The summed E-state index contributed by atoms with van der Waals surface area (Å²) >= 11 is 3.98. The van der Waals surface area contributed by atoms with Crippen LogP contribution in [0.5, 0.6) is 0 Å². The average molecular weight is 332 g/mol. The van der Waals surface area contributed by atoms with Crippen LogP contribution in [-0.4, -0.2) is 28.2 Å². The Labute approximate surface area is 105 Å². The first-order chi connectivity index (χ1) is 7.40. The summed E-state index contributed by atoms with van der Waals surface area (Å²) in [6, 6.07) is 10.7. The maximum absolute atomic E-state index is 5.46. The molecule has 1 aliphatic heterocycles. The molecule has 1 heterocycles. The van der Waals surface area contributed by atoms with Gasteiger partial charge in [0.1, 0.15) is 0 Å². The predicted octanol–water partition coefficient (Wildman–Crippen LogP) is 2.36. The molecule has 0 bridgehead atoms. The first-order valence-corrected chi connectivity index (χ1v) is 7.93. The first kappa shape index (κ1) is 11.4. The van der Waals surface area contributed by atoms with Crippen molar-refractivity contribution < 1.29 is 4.74 Å². The monoisotopic (exact) mass is 332 g/mol. The zero-order chi connectivity index (χ0) is 10.5. The zero-order valence-corrected chi connectivity index (χ0v) is 11.7. The van der Waals surface area contributed by atoms with Crippen molar-refractivity contribution in [3.63, 3.8) is 0 Å². The van der Waals surface area contributed by atoms with Crippen LogP contribution in [-0.2, 0) is 4.74 Å². The average Bonchev–Trinajstić information content (AvgIpc) is 2.75. The second-order valence-electron chi connectivity index (χ2n) is 3.52. The van der Waals surface area contributed by atoms with E-state index in [1.54, 1.807) is 0 Å². The van der Waals surface area contributed by atoms with Crippen molar-refractivity contribution >= 4 is 35.3 Å². The van der Waals surface area contributed by atoms with Crippen LogP contribution in [0.2, 0.25) is 5.32 Å². The molecule has 0 amide bonds. The van der Waals surface area contributed by atoms with Gasteiger partial charge in [-0.15, -0.1) is 0 Å². The molecule has 0 aromatic heterocycles. The molecule has 0 spiro atoms. The van der Waals surface area contributed by atoms with Gasteiger partial charge in [-0.3, -0.25) is 0 Å². The number of halogens is 1. The van der Waals surface area contributed by atoms with Crippen LogP contribution in [0, 0.1) is 5.92 Å². The van der Waals surface area contributed by atoms with Gasteiger partial charge in [0.2, 0.25) is 0 Å². The van der Waals surface area contributed by atoms with Crippen LogP contribution in [0.15, 0.2) is 40.9 Å². The van der Waals surface area contributed by atoms with E-state index >= 15 is 0 Å². The molecule has 1 nitrogen and oxygen atoms in total. The van der Waals surface area contributed by atoms with Crippen molar-refractivity contribution in [3.05, 3.63) is 40.9 Å². The van der Waals surface area contributed by atoms with Crippen LogP contribution in [0.1, 0.15) is 0 Å². The van der Waals surface area contributed by atoms with Crippen molar-refractivity contribution in [2.24, 2.45) is 5.92 Å². The molecule has 1 saturated heterocycles. The second-order valence-corrected chi connectivity index (χ2v) is 6.27. The van der Waals surface area contributed by atoms with E-state index in [1.807, 2.05) is 4.99 Å². The van der Waals surface area contributed by atoms with E-state index in [1.165, 1.54) is 15.4 Å². The number of hydrogen-bond acceptors (Lipinski definition) is 1. The molecule has 0 saturated carbocycles. The number of ether oxygens (including phenoxy) is 1. The van der Waals surface area contributed by atoms with Crippen LogP contribution in [0.4, 0.5) is 0 Å². The van der Waals surface area contributed by atoms with E-state index in [4.69, 9.17) is 4.74 Å². The third kappa shape index (κ3) is 3.18. The molecule has 1 aliphatic rings. The quantitative estimate of drug-likeness (QED) is 0.773. The Morgan fingerprint density at radius 2 is 2.20 bits per heavy atom. The summed E-state index contributed by atoms with van der Waals surface area (Å²) in [5, 5.41) is 1.24. The molecule has 1 fully saturated rings. The maximum atomic E-state index is 5.46. The molecule has 15 heavy (non-hydrogen) atoms. The predicted molar refractivity (Wildman–Crippen MR) is 68.0 cm³/mol. The fourth-order valence-corrected chi connectivity index (χ4v) is 4.25. The molecule has 80 valence electrons. The Morgan fingerprint density at radius 1 is 1.40 bits per heavy atom. The molecular formula is C12H13BrOSe. The van der Waals surface area contributed by atoms with Gasteiger partial charge in [-0.25, -0.2) is 0 Å². The summed E-state index contributed by atoms with van der Waals surface area (Å²) in [6.07, 6.45) is 0. The molecule has 0 aliphatic carbocycles. The van der Waals surface area contributed by atoms with E-state index < -0.39 is 0 Å². The minimum absolute atomic E-state index is 0.570. The number of rotatable bonds is 3. The summed E-state index contributed by atoms with van der Waals surface area (Å²) in [6.45, 7) is 1.70. The Morgan fingerprint density at radius 3 is 2.93 bits per heavy atom. The molecular weight excluding hydrogens is 319 g/mol. The SMILES string of the molecule is Br/C=C1/COCC1C[Se]c1ccccc1. The third-order valence-corrected chi connectivity index (χ3v) is 5.50. The summed E-state index contributed by atoms with van der Waals surface area (Å²) in [7, 11) is 0. The van der Waals surface area contributed by atoms with Gasteiger partial charge in [-0.2, -0.15) is 0 Å². The van der Waals surface area contributed by atoms with E-state index in [-0.39, 0.29) is 0 Å². The van der Waals surface area contributed by atoms with Crippen molar-refractivity contribution in [2.75, 3.05) is 13.2 Å². The Bertz CT molecular complexity index is 337. The molecule has 3 heteroatoms. The first-order valence-electron chi connectivity index (χ1n) is 4.95. The van der Waals surface area contributed by atoms with E-state index in [9.17, 15) is 0 Å². The van der Waals surface area contributed by atoms with Crippen molar-refractivity contribution in [2.45, 2.75) is 5.32 Å². The molecule has 1 aromatic rings. The summed E-state index contributed by atoms with van der Waals surface area (Å²) < 4.78 is 6.94. The van der Waals surface area contributed by atoms with Crippen molar-refractivity contribution in [1.82, 2.24) is 0 Å². The van der Waals surface area contributed by atoms with Crippen LogP contribution < -0.4 is 4.46 Å². The molecule has 1 unspecified atom stereocenters. The summed E-state index contributed by atoms with van der Waals surface area (Å²) in [4.78, 5) is 2.03. The molecule has 0 radical (unpaired) electrons. The number of benzene rings is 1. The van der Waals surface area contributed by atoms with Gasteiger partial charge in [-0.05, 0) is 0 Å². The molecule has 1 aromatic carbocycles. The zero-order valence-electron chi connectivity index (χ0n) is 8.36. The van der Waals surface area contributed by atoms with Crippen LogP contribution in [0.25, 0.3) is 0 Å². The normalized spacial score (nSPS) is 23.5. The van der Waals surface area contributed by atoms with Crippen LogP contribution >= 0.6 is 15.9 Å². The molecule has 2 rings (SSSR count).